The summed E-state index contributed by atoms with van der Waals surface area (Å²) in [5.74, 6) is -0.193. The lowest BCUT2D eigenvalue weighted by Gasteiger charge is -2.71. The van der Waals surface area contributed by atoms with Crippen molar-refractivity contribution in [1.29, 1.82) is 0 Å². The van der Waals surface area contributed by atoms with Crippen LogP contribution in [0, 0.1) is 50.2 Å². The number of rotatable bonds is 10. The molecule has 0 radical (unpaired) electrons. The van der Waals surface area contributed by atoms with Crippen LogP contribution in [0.4, 0.5) is 0 Å². The molecule has 8 rings (SSSR count). The molecule has 3 aliphatic heterocycles. The third-order valence-electron chi connectivity index (χ3n) is 19.1. The summed E-state index contributed by atoms with van der Waals surface area (Å²) >= 11 is 0. The van der Waals surface area contributed by atoms with E-state index in [-0.39, 0.29) is 33.5 Å². The molecule has 64 heavy (non-hydrogen) atoms. The monoisotopic (exact) mass is 913 g/mol. The number of carboxylic acids is 1. The second kappa shape index (κ2) is 16.9. The SMILES string of the molecule is CC1(C)CC[C@@]2(C(=O)O)CC[C@@]3(C)C(=CC[C@@H]4[C@]5(C)CC[C@H](O[C@H]6O[C@@H](CO)[C@H](O)[C@H](O[C@@H]7OC[C@](O)(CO)[C@@H]7O)[C@H]6O[C@@H]6O[C@@H](CO)[C@@H](O)[C@@H](O)[C@H]6O)C(C)(C)[C@H]5CC[C@]43C)[C@H]2C1. The highest BCUT2D eigenvalue weighted by molar-refractivity contribution is 5.76. The van der Waals surface area contributed by atoms with Gasteiger partial charge < -0.3 is 79.5 Å². The Bertz CT molecular complexity index is 1760. The molecule has 0 spiro atoms. The fraction of sp³-hybridized carbons (Fsp3) is 0.936. The van der Waals surface area contributed by atoms with Crippen LogP contribution in [0.15, 0.2) is 11.6 Å². The second-order valence-electron chi connectivity index (χ2n) is 23.2. The highest BCUT2D eigenvalue weighted by atomic mass is 16.8. The fourth-order valence-corrected chi connectivity index (χ4v) is 14.9. The number of hydrogen-bond acceptors (Lipinski definition) is 16. The molecule has 5 aliphatic carbocycles. The van der Waals surface area contributed by atoms with E-state index in [4.69, 9.17) is 28.4 Å². The number of carboxylic acid groups (broad SMARTS) is 1. The summed E-state index contributed by atoms with van der Waals surface area (Å²) in [7, 11) is 0. The Morgan fingerprint density at radius 3 is 2.00 bits per heavy atom. The minimum Gasteiger partial charge on any atom is -0.481 e. The molecule has 366 valence electrons. The van der Waals surface area contributed by atoms with Gasteiger partial charge in [0.2, 0.25) is 0 Å². The van der Waals surface area contributed by atoms with Crippen molar-refractivity contribution in [2.45, 2.75) is 198 Å². The largest absolute Gasteiger partial charge is 0.481 e. The van der Waals surface area contributed by atoms with Crippen molar-refractivity contribution in [3.05, 3.63) is 11.6 Å². The molecule has 0 aromatic rings. The van der Waals surface area contributed by atoms with Crippen molar-refractivity contribution in [2.24, 2.45) is 50.2 Å². The van der Waals surface area contributed by atoms with Crippen LogP contribution in [0.2, 0.25) is 0 Å². The van der Waals surface area contributed by atoms with Gasteiger partial charge in [0, 0.05) is 0 Å². The van der Waals surface area contributed by atoms with Crippen molar-refractivity contribution >= 4 is 5.97 Å². The number of hydrogen-bond donors (Lipinski definition) is 10. The van der Waals surface area contributed by atoms with E-state index in [9.17, 15) is 55.9 Å². The molecular weight excluding hydrogens is 836 g/mol. The minimum atomic E-state index is -2.09. The van der Waals surface area contributed by atoms with Crippen LogP contribution in [0.3, 0.4) is 0 Å². The Hall–Kier alpha value is -1.39. The third-order valence-corrected chi connectivity index (χ3v) is 19.1. The fourth-order valence-electron chi connectivity index (χ4n) is 14.9. The normalized spacial score (nSPS) is 53.3. The van der Waals surface area contributed by atoms with Crippen molar-refractivity contribution in [2.75, 3.05) is 26.4 Å². The van der Waals surface area contributed by atoms with Crippen LogP contribution in [0.25, 0.3) is 0 Å². The summed E-state index contributed by atoms with van der Waals surface area (Å²) in [6, 6.07) is 0. The first-order valence-corrected chi connectivity index (χ1v) is 23.7. The van der Waals surface area contributed by atoms with Gasteiger partial charge in [0.05, 0.1) is 37.9 Å². The first kappa shape index (κ1) is 49.0. The van der Waals surface area contributed by atoms with E-state index in [1.807, 2.05) is 0 Å². The molecule has 17 nitrogen and oxygen atoms in total. The molecule has 0 amide bonds. The van der Waals surface area contributed by atoms with E-state index in [0.717, 1.165) is 44.9 Å². The molecule has 17 heteroatoms. The van der Waals surface area contributed by atoms with Crippen LogP contribution in [0.5, 0.6) is 0 Å². The van der Waals surface area contributed by atoms with Gasteiger partial charge in [-0.05, 0) is 109 Å². The van der Waals surface area contributed by atoms with Gasteiger partial charge in [-0.15, -0.1) is 0 Å². The summed E-state index contributed by atoms with van der Waals surface area (Å²) in [4.78, 5) is 13.2. The standard InChI is InChI=1S/C47H76O17/c1-41(2)14-16-46(40(56)57)17-15-44(6)23(24(46)18-41)8-9-28-43(5)12-11-29(42(3,4)27(43)10-13-45(28,44)7)62-38-35(64-37-33(54)32(53)30(51)25(19-48)60-37)34(31(52)26(20-49)61-38)63-39-36(55)47(58,21-50)22-59-39/h8,24-39,48-55,58H,9-22H2,1-7H3,(H,56,57)/t24-,25+,26+,27-,28-,29+,30-,31+,32-,33-,34+,35-,36-,37+,38-,39+,43-,44+,45-,46-,47-/m1/s1. The van der Waals surface area contributed by atoms with E-state index in [1.165, 1.54) is 5.57 Å². The first-order valence-electron chi connectivity index (χ1n) is 23.7. The van der Waals surface area contributed by atoms with E-state index in [1.54, 1.807) is 0 Å². The maximum atomic E-state index is 13.2. The smallest absolute Gasteiger partial charge is 0.310 e. The molecule has 0 unspecified atom stereocenters. The molecule has 21 atom stereocenters. The Labute approximate surface area is 376 Å². The number of fused-ring (bicyclic) bond motifs is 7. The Balaban J connectivity index is 1.09. The van der Waals surface area contributed by atoms with Crippen LogP contribution < -0.4 is 0 Å². The number of carbonyl (C=O) groups is 1. The predicted molar refractivity (Wildman–Crippen MR) is 225 cm³/mol. The molecule has 3 heterocycles. The number of ether oxygens (including phenoxy) is 6. The van der Waals surface area contributed by atoms with Crippen molar-refractivity contribution in [3.63, 3.8) is 0 Å². The summed E-state index contributed by atoms with van der Waals surface area (Å²) in [5.41, 5.74) is -2.28. The van der Waals surface area contributed by atoms with Gasteiger partial charge in [-0.3, -0.25) is 4.79 Å². The Morgan fingerprint density at radius 1 is 0.719 bits per heavy atom. The van der Waals surface area contributed by atoms with Gasteiger partial charge in [-0.25, -0.2) is 0 Å². The van der Waals surface area contributed by atoms with E-state index in [2.05, 4.69) is 54.5 Å². The van der Waals surface area contributed by atoms with Gasteiger partial charge in [0.15, 0.2) is 18.9 Å². The zero-order valence-corrected chi connectivity index (χ0v) is 38.5. The number of allylic oxidation sites excluding steroid dienone is 2. The maximum absolute atomic E-state index is 13.2. The van der Waals surface area contributed by atoms with E-state index in [0.29, 0.717) is 25.2 Å². The highest BCUT2D eigenvalue weighted by Gasteiger charge is 2.70. The van der Waals surface area contributed by atoms with E-state index < -0.39 is 129 Å². The molecule has 0 aromatic heterocycles. The average Bonchev–Trinajstić information content (AvgIpc) is 3.52. The topological polar surface area (TPSA) is 275 Å². The lowest BCUT2D eigenvalue weighted by atomic mass is 9.33. The Kier molecular flexibility index (Phi) is 13.0. The molecule has 7 fully saturated rings. The molecule has 10 N–H and O–H groups in total. The quantitative estimate of drug-likeness (QED) is 0.109. The van der Waals surface area contributed by atoms with Crippen LogP contribution in [0.1, 0.15) is 113 Å². The van der Waals surface area contributed by atoms with Gasteiger partial charge >= 0.3 is 5.97 Å². The number of aliphatic hydroxyl groups excluding tert-OH is 8. The number of aliphatic carboxylic acids is 1. The molecule has 8 aliphatic rings. The third kappa shape index (κ3) is 7.40. The summed E-state index contributed by atoms with van der Waals surface area (Å²) in [6.45, 7) is 13.4. The van der Waals surface area contributed by atoms with Gasteiger partial charge in [0.1, 0.15) is 60.5 Å². The molecule has 4 saturated carbocycles. The predicted octanol–water partition coefficient (Wildman–Crippen LogP) is 1.35. The summed E-state index contributed by atoms with van der Waals surface area (Å²) in [6.07, 6.45) is -9.34. The van der Waals surface area contributed by atoms with Crippen molar-refractivity contribution in [1.82, 2.24) is 0 Å². The van der Waals surface area contributed by atoms with Crippen LogP contribution in [-0.2, 0) is 33.2 Å². The van der Waals surface area contributed by atoms with Crippen molar-refractivity contribution < 1.29 is 84.3 Å². The lowest BCUT2D eigenvalue weighted by Crippen LogP contribution is -2.67. The first-order chi connectivity index (χ1) is 29.9. The average molecular weight is 913 g/mol. The van der Waals surface area contributed by atoms with Gasteiger partial charge in [-0.2, -0.15) is 0 Å². The Morgan fingerprint density at radius 2 is 1.36 bits per heavy atom. The highest BCUT2D eigenvalue weighted by Crippen LogP contribution is 2.76. The zero-order valence-electron chi connectivity index (χ0n) is 38.5. The molecule has 0 aromatic carbocycles. The van der Waals surface area contributed by atoms with Gasteiger partial charge in [0.25, 0.3) is 0 Å². The number of aliphatic hydroxyl groups is 9. The molecule has 0 bridgehead atoms. The summed E-state index contributed by atoms with van der Waals surface area (Å²) in [5, 5.41) is 107. The maximum Gasteiger partial charge on any atom is 0.310 e. The lowest BCUT2D eigenvalue weighted by molar-refractivity contribution is -0.389. The van der Waals surface area contributed by atoms with Crippen molar-refractivity contribution in [3.8, 4) is 0 Å². The molecular formula is C47H76O17. The zero-order chi connectivity index (χ0) is 46.7. The minimum absolute atomic E-state index is 0.00319. The van der Waals surface area contributed by atoms with Crippen LogP contribution >= 0.6 is 0 Å². The molecule has 3 saturated heterocycles. The van der Waals surface area contributed by atoms with E-state index >= 15 is 0 Å². The summed E-state index contributed by atoms with van der Waals surface area (Å²) < 4.78 is 36.9. The second-order valence-corrected chi connectivity index (χ2v) is 23.2. The van der Waals surface area contributed by atoms with Crippen LogP contribution in [-0.4, -0.2) is 169 Å². The van der Waals surface area contributed by atoms with Gasteiger partial charge in [-0.1, -0.05) is 60.1 Å².